The van der Waals surface area contributed by atoms with Crippen LogP contribution in [0.5, 0.6) is 5.75 Å². The number of oxime groups is 1. The first-order valence-electron chi connectivity index (χ1n) is 14.2. The zero-order valence-corrected chi connectivity index (χ0v) is 22.3. The molecule has 194 valence electrons. The van der Waals surface area contributed by atoms with Crippen molar-refractivity contribution in [2.24, 2.45) is 5.16 Å². The predicted molar refractivity (Wildman–Crippen MR) is 150 cm³/mol. The smallest absolute Gasteiger partial charge is 0.119 e. The largest absolute Gasteiger partial charge is 0.494 e. The van der Waals surface area contributed by atoms with Crippen molar-refractivity contribution in [3.8, 4) is 29.4 Å². The van der Waals surface area contributed by atoms with E-state index in [0.29, 0.717) is 0 Å². The lowest BCUT2D eigenvalue weighted by molar-refractivity contribution is 0.304. The van der Waals surface area contributed by atoms with Gasteiger partial charge in [0.1, 0.15) is 5.75 Å². The molecule has 0 aliphatic carbocycles. The van der Waals surface area contributed by atoms with Crippen molar-refractivity contribution in [2.75, 3.05) is 6.61 Å². The SMILES string of the molecule is CCCCCCCCCCCCC#CC#CCCCCCCCCCOc1ccc(/C=N/O)cc1. The number of hydrogen-bond acceptors (Lipinski definition) is 3. The fraction of sp³-hybridized carbons (Fsp3) is 0.656. The topological polar surface area (TPSA) is 41.8 Å². The van der Waals surface area contributed by atoms with Gasteiger partial charge in [0.05, 0.1) is 12.8 Å². The highest BCUT2D eigenvalue weighted by Crippen LogP contribution is 2.13. The minimum Gasteiger partial charge on any atom is -0.494 e. The number of unbranched alkanes of at least 4 members (excludes halogenated alkanes) is 17. The van der Waals surface area contributed by atoms with E-state index in [1.165, 1.54) is 109 Å². The van der Waals surface area contributed by atoms with Crippen LogP contribution >= 0.6 is 0 Å². The molecule has 0 spiro atoms. The number of benzene rings is 1. The molecule has 0 aromatic heterocycles. The van der Waals surface area contributed by atoms with E-state index >= 15 is 0 Å². The van der Waals surface area contributed by atoms with E-state index < -0.39 is 0 Å². The van der Waals surface area contributed by atoms with Gasteiger partial charge in [0.15, 0.2) is 0 Å². The molecule has 0 bridgehead atoms. The molecule has 0 fully saturated rings. The van der Waals surface area contributed by atoms with Crippen LogP contribution in [0.3, 0.4) is 0 Å². The van der Waals surface area contributed by atoms with Crippen molar-refractivity contribution < 1.29 is 9.94 Å². The van der Waals surface area contributed by atoms with E-state index in [-0.39, 0.29) is 0 Å². The summed E-state index contributed by atoms with van der Waals surface area (Å²) in [6.45, 7) is 3.03. The molecular formula is C32H49NO2. The molecule has 0 aliphatic rings. The highest BCUT2D eigenvalue weighted by atomic mass is 16.5. The van der Waals surface area contributed by atoms with Crippen LogP contribution in [0.4, 0.5) is 0 Å². The third kappa shape index (κ3) is 20.7. The summed E-state index contributed by atoms with van der Waals surface area (Å²) in [5.41, 5.74) is 0.860. The van der Waals surface area contributed by atoms with Crippen LogP contribution in [-0.4, -0.2) is 18.0 Å². The summed E-state index contributed by atoms with van der Waals surface area (Å²) in [7, 11) is 0. The number of ether oxygens (including phenoxy) is 1. The van der Waals surface area contributed by atoms with E-state index in [4.69, 9.17) is 9.94 Å². The van der Waals surface area contributed by atoms with Gasteiger partial charge < -0.3 is 9.94 Å². The highest BCUT2D eigenvalue weighted by Gasteiger charge is 1.96. The molecule has 0 amide bonds. The highest BCUT2D eigenvalue weighted by molar-refractivity contribution is 5.79. The number of rotatable bonds is 21. The molecule has 0 heterocycles. The van der Waals surface area contributed by atoms with Crippen LogP contribution in [0.1, 0.15) is 134 Å². The molecule has 1 aromatic carbocycles. The molecular weight excluding hydrogens is 430 g/mol. The fourth-order valence-corrected chi connectivity index (χ4v) is 4.02. The van der Waals surface area contributed by atoms with Gasteiger partial charge in [0.25, 0.3) is 0 Å². The van der Waals surface area contributed by atoms with Gasteiger partial charge in [0.2, 0.25) is 0 Å². The van der Waals surface area contributed by atoms with Crippen LogP contribution in [0, 0.1) is 23.7 Å². The summed E-state index contributed by atoms with van der Waals surface area (Å²) in [6.07, 6.45) is 25.7. The van der Waals surface area contributed by atoms with Crippen LogP contribution < -0.4 is 4.74 Å². The average Bonchev–Trinajstić information content (AvgIpc) is 2.88. The van der Waals surface area contributed by atoms with Crippen molar-refractivity contribution in [1.82, 2.24) is 0 Å². The molecule has 0 saturated carbocycles. The van der Waals surface area contributed by atoms with Gasteiger partial charge in [-0.3, -0.25) is 0 Å². The molecule has 1 rings (SSSR count). The lowest BCUT2D eigenvalue weighted by Crippen LogP contribution is -1.97. The zero-order chi connectivity index (χ0) is 25.1. The Morgan fingerprint density at radius 2 is 1.11 bits per heavy atom. The van der Waals surface area contributed by atoms with Gasteiger partial charge in [-0.1, -0.05) is 114 Å². The van der Waals surface area contributed by atoms with Crippen LogP contribution in [0.25, 0.3) is 0 Å². The van der Waals surface area contributed by atoms with Gasteiger partial charge in [-0.05, 0) is 60.9 Å². The molecule has 0 unspecified atom stereocenters. The first kappa shape index (κ1) is 30.6. The molecule has 0 aliphatic heterocycles. The Balaban J connectivity index is 1.82. The first-order chi connectivity index (χ1) is 17.4. The zero-order valence-electron chi connectivity index (χ0n) is 22.3. The Labute approximate surface area is 216 Å². The summed E-state index contributed by atoms with van der Waals surface area (Å²) in [5, 5.41) is 11.5. The van der Waals surface area contributed by atoms with Crippen molar-refractivity contribution in [3.05, 3.63) is 29.8 Å². The average molecular weight is 480 g/mol. The van der Waals surface area contributed by atoms with E-state index in [2.05, 4.69) is 35.8 Å². The number of hydrogen-bond donors (Lipinski definition) is 1. The molecule has 3 nitrogen and oxygen atoms in total. The predicted octanol–water partition coefficient (Wildman–Crippen LogP) is 9.31. The quantitative estimate of drug-likeness (QED) is 0.0627. The second kappa shape index (κ2) is 24.7. The lowest BCUT2D eigenvalue weighted by Gasteiger charge is -2.06. The number of nitrogens with zero attached hydrogens (tertiary/aromatic N) is 1. The van der Waals surface area contributed by atoms with Gasteiger partial charge in [0, 0.05) is 12.8 Å². The maximum absolute atomic E-state index is 8.52. The molecule has 0 radical (unpaired) electrons. The Morgan fingerprint density at radius 3 is 1.60 bits per heavy atom. The normalized spacial score (nSPS) is 10.5. The minimum absolute atomic E-state index is 0.753. The Bertz CT molecular complexity index is 746. The standard InChI is InChI=1S/C32H49NO2/c1-2-3-4-5-6-7-8-9-10-11-12-13-14-15-16-17-18-19-20-21-22-23-24-29-35-32-27-25-31(26-28-32)30-33-34/h25-28,30,34H,2-12,17-24,29H2,1H3/b33-30+. The maximum atomic E-state index is 8.52. The minimum atomic E-state index is 0.753. The molecule has 3 heteroatoms. The molecule has 0 atom stereocenters. The van der Waals surface area contributed by atoms with Crippen molar-refractivity contribution in [1.29, 1.82) is 0 Å². The third-order valence-electron chi connectivity index (χ3n) is 6.20. The third-order valence-corrected chi connectivity index (χ3v) is 6.20. The molecule has 0 saturated heterocycles. The fourth-order valence-electron chi connectivity index (χ4n) is 4.02. The lowest BCUT2D eigenvalue weighted by atomic mass is 10.1. The van der Waals surface area contributed by atoms with Crippen molar-refractivity contribution in [3.63, 3.8) is 0 Å². The van der Waals surface area contributed by atoms with Gasteiger partial charge in [-0.2, -0.15) is 0 Å². The summed E-state index contributed by atoms with van der Waals surface area (Å²) >= 11 is 0. The monoisotopic (exact) mass is 479 g/mol. The van der Waals surface area contributed by atoms with Crippen LogP contribution in [0.2, 0.25) is 0 Å². The summed E-state index contributed by atoms with van der Waals surface area (Å²) in [4.78, 5) is 0. The van der Waals surface area contributed by atoms with E-state index in [0.717, 1.165) is 37.2 Å². The van der Waals surface area contributed by atoms with Crippen LogP contribution in [-0.2, 0) is 0 Å². The second-order valence-electron chi connectivity index (χ2n) is 9.42. The van der Waals surface area contributed by atoms with Gasteiger partial charge in [-0.15, -0.1) is 0 Å². The van der Waals surface area contributed by atoms with Gasteiger partial charge in [-0.25, -0.2) is 0 Å². The van der Waals surface area contributed by atoms with Crippen molar-refractivity contribution >= 4 is 6.21 Å². The maximum Gasteiger partial charge on any atom is 0.119 e. The second-order valence-corrected chi connectivity index (χ2v) is 9.42. The molecule has 1 N–H and O–H groups in total. The Kier molecular flexibility index (Phi) is 21.6. The van der Waals surface area contributed by atoms with E-state index in [1.807, 2.05) is 24.3 Å². The summed E-state index contributed by atoms with van der Waals surface area (Å²) in [5.74, 6) is 13.3. The molecule has 1 aromatic rings. The summed E-state index contributed by atoms with van der Waals surface area (Å²) < 4.78 is 5.75. The van der Waals surface area contributed by atoms with Gasteiger partial charge >= 0.3 is 0 Å². The van der Waals surface area contributed by atoms with Crippen molar-refractivity contribution in [2.45, 2.75) is 129 Å². The Morgan fingerprint density at radius 1 is 0.657 bits per heavy atom. The van der Waals surface area contributed by atoms with Crippen LogP contribution in [0.15, 0.2) is 29.4 Å². The van der Waals surface area contributed by atoms with E-state index in [9.17, 15) is 0 Å². The molecule has 35 heavy (non-hydrogen) atoms. The Hall–Kier alpha value is -2.39. The van der Waals surface area contributed by atoms with E-state index in [1.54, 1.807) is 0 Å². The summed E-state index contributed by atoms with van der Waals surface area (Å²) in [6, 6.07) is 7.57. The first-order valence-corrected chi connectivity index (χ1v) is 14.2.